The van der Waals surface area contributed by atoms with Crippen LogP contribution >= 0.6 is 23.2 Å². The van der Waals surface area contributed by atoms with Gasteiger partial charge in [-0.2, -0.15) is 4.31 Å². The molecule has 3 aromatic rings. The van der Waals surface area contributed by atoms with Crippen molar-refractivity contribution in [2.24, 2.45) is 0 Å². The van der Waals surface area contributed by atoms with Crippen molar-refractivity contribution in [2.45, 2.75) is 55.7 Å². The molecule has 1 amide bonds. The summed E-state index contributed by atoms with van der Waals surface area (Å²) in [6.07, 6.45) is 3.87. The molecular weight excluding hydrogens is 555 g/mol. The first-order chi connectivity index (χ1) is 18.2. The fourth-order valence-electron chi connectivity index (χ4n) is 5.13. The van der Waals surface area contributed by atoms with Gasteiger partial charge < -0.3 is 4.74 Å². The van der Waals surface area contributed by atoms with Crippen molar-refractivity contribution in [3.8, 4) is 5.75 Å². The predicted octanol–water partition coefficient (Wildman–Crippen LogP) is 3.97. The zero-order valence-electron chi connectivity index (χ0n) is 20.2. The molecule has 1 fully saturated rings. The Bertz CT molecular complexity index is 1510. The summed E-state index contributed by atoms with van der Waals surface area (Å²) in [5, 5.41) is 13.5. The number of ether oxygens (including phenoxy) is 1. The van der Waals surface area contributed by atoms with E-state index in [4.69, 9.17) is 27.9 Å². The highest BCUT2D eigenvalue weighted by Crippen LogP contribution is 2.35. The number of aromatic nitrogens is 2. The fraction of sp³-hybridized carbons (Fsp3) is 0.360. The minimum Gasteiger partial charge on any atom is -0.489 e. The number of rotatable bonds is 7. The Balaban J connectivity index is 1.40. The standard InChI is InChI=1S/C25H26Cl2N4O6S/c26-16-6-5-15(20(27)13-16)14-37-18-7-9-19(10-8-18)38(35,36)30-12-11-21-22(23(30)24(32)29-34)25(33)31(28-21)17-3-1-2-4-17/h5-10,13,17,23,28,34H,1-4,11-12,14H2,(H,29,32)/t23-/m1/s1. The number of hydrogen-bond donors (Lipinski definition) is 3. The number of amides is 1. The van der Waals surface area contributed by atoms with E-state index in [2.05, 4.69) is 5.10 Å². The molecule has 2 aliphatic rings. The van der Waals surface area contributed by atoms with E-state index in [9.17, 15) is 23.2 Å². The Morgan fingerprint density at radius 1 is 1.13 bits per heavy atom. The molecule has 0 unspecified atom stereocenters. The first kappa shape index (κ1) is 26.8. The van der Waals surface area contributed by atoms with Gasteiger partial charge in [0, 0.05) is 34.3 Å². The summed E-state index contributed by atoms with van der Waals surface area (Å²) in [7, 11) is -4.22. The number of aromatic amines is 1. The van der Waals surface area contributed by atoms with Gasteiger partial charge in [0.1, 0.15) is 18.4 Å². The second kappa shape index (κ2) is 10.7. The van der Waals surface area contributed by atoms with Crippen molar-refractivity contribution in [3.63, 3.8) is 0 Å². The third-order valence-corrected chi connectivity index (χ3v) is 9.53. The second-order valence-corrected chi connectivity index (χ2v) is 12.1. The quantitative estimate of drug-likeness (QED) is 0.286. The van der Waals surface area contributed by atoms with E-state index >= 15 is 0 Å². The number of hydrogen-bond acceptors (Lipinski definition) is 6. The Labute approximate surface area is 229 Å². The molecule has 0 spiro atoms. The number of fused-ring (bicyclic) bond motifs is 1. The topological polar surface area (TPSA) is 134 Å². The number of sulfonamides is 1. The third-order valence-electron chi connectivity index (χ3n) is 7.06. The lowest BCUT2D eigenvalue weighted by molar-refractivity contribution is -0.133. The van der Waals surface area contributed by atoms with Gasteiger partial charge in [-0.25, -0.2) is 18.6 Å². The molecule has 2 aromatic carbocycles. The van der Waals surface area contributed by atoms with Gasteiger partial charge in [0.25, 0.3) is 11.5 Å². The van der Waals surface area contributed by atoms with Crippen LogP contribution in [-0.2, 0) is 27.8 Å². The van der Waals surface area contributed by atoms with E-state index in [1.165, 1.54) is 34.4 Å². The molecule has 1 aliphatic carbocycles. The van der Waals surface area contributed by atoms with Crippen LogP contribution in [0.3, 0.4) is 0 Å². The highest BCUT2D eigenvalue weighted by molar-refractivity contribution is 7.89. The smallest absolute Gasteiger partial charge is 0.272 e. The second-order valence-electron chi connectivity index (χ2n) is 9.36. The van der Waals surface area contributed by atoms with Gasteiger partial charge >= 0.3 is 0 Å². The Hall–Kier alpha value is -2.83. The van der Waals surface area contributed by atoms with E-state index in [-0.39, 0.29) is 36.1 Å². The maximum Gasteiger partial charge on any atom is 0.272 e. The summed E-state index contributed by atoms with van der Waals surface area (Å²) in [5.74, 6) is -0.588. The number of carbonyl (C=O) groups is 1. The highest BCUT2D eigenvalue weighted by Gasteiger charge is 2.44. The molecule has 1 atom stereocenters. The van der Waals surface area contributed by atoms with Gasteiger partial charge in [0.15, 0.2) is 0 Å². The molecule has 2 heterocycles. The monoisotopic (exact) mass is 580 g/mol. The lowest BCUT2D eigenvalue weighted by Gasteiger charge is -2.32. The molecule has 13 heteroatoms. The van der Waals surface area contributed by atoms with Crippen molar-refractivity contribution in [3.05, 3.63) is 79.7 Å². The summed E-state index contributed by atoms with van der Waals surface area (Å²) in [5.41, 5.74) is 2.36. The minimum absolute atomic E-state index is 0.0220. The van der Waals surface area contributed by atoms with Crippen LogP contribution in [0, 0.1) is 0 Å². The van der Waals surface area contributed by atoms with Crippen LogP contribution in [0.5, 0.6) is 5.75 Å². The molecule has 1 aromatic heterocycles. The van der Waals surface area contributed by atoms with Crippen LogP contribution in [-0.4, -0.2) is 40.2 Å². The van der Waals surface area contributed by atoms with Crippen LogP contribution in [0.4, 0.5) is 0 Å². The normalized spacial score (nSPS) is 18.3. The minimum atomic E-state index is -4.22. The third kappa shape index (κ3) is 4.96. The summed E-state index contributed by atoms with van der Waals surface area (Å²) < 4.78 is 35.5. The van der Waals surface area contributed by atoms with Crippen molar-refractivity contribution in [1.82, 2.24) is 19.6 Å². The van der Waals surface area contributed by atoms with Gasteiger partial charge in [-0.15, -0.1) is 0 Å². The number of nitrogens with zero attached hydrogens (tertiary/aromatic N) is 2. The molecule has 10 nitrogen and oxygen atoms in total. The number of nitrogens with one attached hydrogen (secondary N) is 2. The van der Waals surface area contributed by atoms with Crippen molar-refractivity contribution < 1.29 is 23.2 Å². The van der Waals surface area contributed by atoms with Crippen LogP contribution in [0.2, 0.25) is 10.0 Å². The number of H-pyrrole nitrogens is 1. The average molecular weight is 581 g/mol. The van der Waals surface area contributed by atoms with Gasteiger partial charge in [0.05, 0.1) is 16.5 Å². The van der Waals surface area contributed by atoms with E-state index in [1.807, 2.05) is 0 Å². The maximum atomic E-state index is 13.6. The molecule has 202 valence electrons. The van der Waals surface area contributed by atoms with Gasteiger partial charge in [-0.05, 0) is 49.2 Å². The lowest BCUT2D eigenvalue weighted by atomic mass is 10.0. The fourth-order valence-corrected chi connectivity index (χ4v) is 7.15. The van der Waals surface area contributed by atoms with Gasteiger partial charge in [0.2, 0.25) is 10.0 Å². The molecule has 0 bridgehead atoms. The van der Waals surface area contributed by atoms with Crippen LogP contribution in [0.15, 0.2) is 52.2 Å². The summed E-state index contributed by atoms with van der Waals surface area (Å²) in [6.45, 7) is 0.0991. The zero-order valence-corrected chi connectivity index (χ0v) is 22.5. The van der Waals surface area contributed by atoms with E-state index < -0.39 is 27.5 Å². The highest BCUT2D eigenvalue weighted by atomic mass is 35.5. The number of benzene rings is 2. The van der Waals surface area contributed by atoms with Crippen molar-refractivity contribution >= 4 is 39.1 Å². The maximum absolute atomic E-state index is 13.6. The zero-order chi connectivity index (χ0) is 27.0. The van der Waals surface area contributed by atoms with E-state index in [0.29, 0.717) is 27.1 Å². The van der Waals surface area contributed by atoms with Crippen molar-refractivity contribution in [2.75, 3.05) is 6.54 Å². The van der Waals surface area contributed by atoms with Crippen LogP contribution in [0.25, 0.3) is 0 Å². The summed E-state index contributed by atoms with van der Waals surface area (Å²) >= 11 is 12.1. The van der Waals surface area contributed by atoms with Crippen LogP contribution < -0.4 is 15.8 Å². The van der Waals surface area contributed by atoms with Gasteiger partial charge in [-0.3, -0.25) is 19.9 Å². The van der Waals surface area contributed by atoms with E-state index in [0.717, 1.165) is 30.0 Å². The lowest BCUT2D eigenvalue weighted by Crippen LogP contribution is -2.48. The van der Waals surface area contributed by atoms with Crippen LogP contribution in [0.1, 0.15) is 54.6 Å². The molecule has 5 rings (SSSR count). The molecule has 3 N–H and O–H groups in total. The first-order valence-electron chi connectivity index (χ1n) is 12.2. The molecule has 1 aliphatic heterocycles. The molecular formula is C25H26Cl2N4O6S. The Morgan fingerprint density at radius 2 is 1.84 bits per heavy atom. The Morgan fingerprint density at radius 3 is 2.50 bits per heavy atom. The molecule has 0 radical (unpaired) electrons. The molecule has 1 saturated carbocycles. The SMILES string of the molecule is O=C(NO)[C@H]1c2c([nH]n(C3CCCC3)c2=O)CCN1S(=O)(=O)c1ccc(OCc2ccc(Cl)cc2Cl)cc1. The number of carbonyl (C=O) groups excluding carboxylic acids is 1. The number of halogens is 2. The predicted molar refractivity (Wildman–Crippen MR) is 140 cm³/mol. The number of hydroxylamine groups is 1. The first-order valence-corrected chi connectivity index (χ1v) is 14.4. The van der Waals surface area contributed by atoms with Crippen molar-refractivity contribution in [1.29, 1.82) is 0 Å². The molecule has 38 heavy (non-hydrogen) atoms. The largest absolute Gasteiger partial charge is 0.489 e. The van der Waals surface area contributed by atoms with Gasteiger partial charge in [-0.1, -0.05) is 42.1 Å². The Kier molecular flexibility index (Phi) is 7.56. The average Bonchev–Trinajstić information content (AvgIpc) is 3.55. The van der Waals surface area contributed by atoms with E-state index in [1.54, 1.807) is 18.2 Å². The summed E-state index contributed by atoms with van der Waals surface area (Å²) in [6, 6.07) is 9.23. The molecule has 0 saturated heterocycles. The summed E-state index contributed by atoms with van der Waals surface area (Å²) in [4.78, 5) is 26.0.